The maximum atomic E-state index is 11.1. The molecule has 1 saturated heterocycles. The molecule has 0 aliphatic carbocycles. The lowest BCUT2D eigenvalue weighted by molar-refractivity contribution is -0.384. The summed E-state index contributed by atoms with van der Waals surface area (Å²) in [4.78, 5) is 23.3. The number of hydrogen-bond donors (Lipinski definition) is 0. The number of methoxy groups -OCH3 is 1. The van der Waals surface area contributed by atoms with E-state index < -0.39 is 10.6 Å². The van der Waals surface area contributed by atoms with Gasteiger partial charge < -0.3 is 14.4 Å². The first kappa shape index (κ1) is 13.2. The van der Waals surface area contributed by atoms with Crippen LogP contribution in [0.25, 0.3) is 0 Å². The number of nitroso groups, excluding NO2 is 1. The molecule has 1 heterocycles. The Labute approximate surface area is 109 Å². The highest BCUT2D eigenvalue weighted by atomic mass is 16.6. The smallest absolute Gasteiger partial charge is 0.342 e. The number of nitro benzene ring substituents is 1. The number of benzene rings is 1. The van der Waals surface area contributed by atoms with Crippen molar-refractivity contribution in [3.05, 3.63) is 27.2 Å². The SMILES string of the molecule is COc1ccc(N2CCOCC2)c(N=O)c1[N+](=O)[O-]. The van der Waals surface area contributed by atoms with E-state index in [1.54, 1.807) is 6.07 Å². The van der Waals surface area contributed by atoms with E-state index in [1.165, 1.54) is 13.2 Å². The molecule has 0 amide bonds. The molecule has 0 saturated carbocycles. The summed E-state index contributed by atoms with van der Waals surface area (Å²) in [6.07, 6.45) is 0. The molecular formula is C11H13N3O5. The summed E-state index contributed by atoms with van der Waals surface area (Å²) in [5.41, 5.74) is -0.168. The van der Waals surface area contributed by atoms with Crippen molar-refractivity contribution in [2.24, 2.45) is 5.18 Å². The summed E-state index contributed by atoms with van der Waals surface area (Å²) < 4.78 is 10.1. The molecule has 1 fully saturated rings. The van der Waals surface area contributed by atoms with Gasteiger partial charge in [0.2, 0.25) is 5.69 Å². The maximum Gasteiger partial charge on any atom is 0.342 e. The van der Waals surface area contributed by atoms with E-state index in [9.17, 15) is 15.0 Å². The van der Waals surface area contributed by atoms with Crippen LogP contribution in [0.2, 0.25) is 0 Å². The van der Waals surface area contributed by atoms with Crippen LogP contribution >= 0.6 is 0 Å². The van der Waals surface area contributed by atoms with E-state index in [1.807, 2.05) is 4.90 Å². The Hall–Kier alpha value is -2.22. The van der Waals surface area contributed by atoms with Crippen LogP contribution < -0.4 is 9.64 Å². The first-order chi connectivity index (χ1) is 9.19. The van der Waals surface area contributed by atoms with Crippen molar-refractivity contribution in [3.8, 4) is 5.75 Å². The lowest BCUT2D eigenvalue weighted by Crippen LogP contribution is -2.36. The van der Waals surface area contributed by atoms with E-state index in [0.29, 0.717) is 32.0 Å². The van der Waals surface area contributed by atoms with E-state index in [4.69, 9.17) is 9.47 Å². The topological polar surface area (TPSA) is 94.3 Å². The Bertz CT molecular complexity index is 499. The van der Waals surface area contributed by atoms with Gasteiger partial charge in [-0.25, -0.2) is 0 Å². The second-order valence-electron chi connectivity index (χ2n) is 3.93. The number of nitrogens with zero attached hydrogens (tertiary/aromatic N) is 3. The average molecular weight is 267 g/mol. The fraction of sp³-hybridized carbons (Fsp3) is 0.455. The van der Waals surface area contributed by atoms with Crippen LogP contribution in [-0.4, -0.2) is 38.3 Å². The van der Waals surface area contributed by atoms with Gasteiger partial charge >= 0.3 is 5.69 Å². The van der Waals surface area contributed by atoms with Gasteiger partial charge in [0.25, 0.3) is 0 Å². The molecule has 0 aromatic heterocycles. The molecule has 2 rings (SSSR count). The Morgan fingerprint density at radius 2 is 2.11 bits per heavy atom. The Kier molecular flexibility index (Phi) is 3.91. The van der Waals surface area contributed by atoms with Crippen molar-refractivity contribution < 1.29 is 14.4 Å². The third-order valence-electron chi connectivity index (χ3n) is 2.94. The second kappa shape index (κ2) is 5.61. The van der Waals surface area contributed by atoms with Crippen LogP contribution in [0.1, 0.15) is 0 Å². The van der Waals surface area contributed by atoms with Crippen LogP contribution in [0.15, 0.2) is 17.3 Å². The van der Waals surface area contributed by atoms with Crippen LogP contribution in [0.5, 0.6) is 5.75 Å². The fourth-order valence-corrected chi connectivity index (χ4v) is 2.04. The van der Waals surface area contributed by atoms with Gasteiger partial charge in [0.1, 0.15) is 0 Å². The summed E-state index contributed by atoms with van der Waals surface area (Å²) >= 11 is 0. The first-order valence-electron chi connectivity index (χ1n) is 5.70. The van der Waals surface area contributed by atoms with Gasteiger partial charge in [-0.2, -0.15) is 0 Å². The van der Waals surface area contributed by atoms with E-state index in [2.05, 4.69) is 5.18 Å². The third-order valence-corrected chi connectivity index (χ3v) is 2.94. The molecule has 19 heavy (non-hydrogen) atoms. The molecular weight excluding hydrogens is 254 g/mol. The number of hydrogen-bond acceptors (Lipinski definition) is 7. The molecule has 8 heteroatoms. The predicted molar refractivity (Wildman–Crippen MR) is 68.1 cm³/mol. The molecule has 0 atom stereocenters. The predicted octanol–water partition coefficient (Wildman–Crippen LogP) is 1.84. The van der Waals surface area contributed by atoms with Crippen LogP contribution in [0.4, 0.5) is 17.1 Å². The largest absolute Gasteiger partial charge is 0.490 e. The molecule has 0 spiro atoms. The molecule has 8 nitrogen and oxygen atoms in total. The van der Waals surface area contributed by atoms with E-state index >= 15 is 0 Å². The Balaban J connectivity index is 2.52. The summed E-state index contributed by atoms with van der Waals surface area (Å²) in [6.45, 7) is 2.15. The van der Waals surface area contributed by atoms with Gasteiger partial charge in [0.15, 0.2) is 5.75 Å². The minimum atomic E-state index is -0.653. The number of anilines is 1. The summed E-state index contributed by atoms with van der Waals surface area (Å²) in [5.74, 6) is 0.0246. The van der Waals surface area contributed by atoms with Crippen LogP contribution in [0, 0.1) is 15.0 Å². The molecule has 0 radical (unpaired) electrons. The second-order valence-corrected chi connectivity index (χ2v) is 3.93. The first-order valence-corrected chi connectivity index (χ1v) is 5.70. The minimum Gasteiger partial charge on any atom is -0.490 e. The van der Waals surface area contributed by atoms with Crippen molar-refractivity contribution in [1.29, 1.82) is 0 Å². The van der Waals surface area contributed by atoms with Gasteiger partial charge in [-0.3, -0.25) is 10.1 Å². The molecule has 0 unspecified atom stereocenters. The highest BCUT2D eigenvalue weighted by Crippen LogP contribution is 2.43. The lowest BCUT2D eigenvalue weighted by atomic mass is 10.2. The number of morpholine rings is 1. The monoisotopic (exact) mass is 267 g/mol. The van der Waals surface area contributed by atoms with Crippen molar-refractivity contribution in [2.45, 2.75) is 0 Å². The highest BCUT2D eigenvalue weighted by molar-refractivity contribution is 5.80. The lowest BCUT2D eigenvalue weighted by Gasteiger charge is -2.29. The van der Waals surface area contributed by atoms with Gasteiger partial charge in [-0.15, -0.1) is 4.91 Å². The van der Waals surface area contributed by atoms with Gasteiger partial charge in [0, 0.05) is 13.1 Å². The Morgan fingerprint density at radius 3 is 2.63 bits per heavy atom. The zero-order valence-corrected chi connectivity index (χ0v) is 10.4. The Morgan fingerprint density at radius 1 is 1.42 bits per heavy atom. The zero-order chi connectivity index (χ0) is 13.8. The summed E-state index contributed by atoms with van der Waals surface area (Å²) in [7, 11) is 1.31. The quantitative estimate of drug-likeness (QED) is 0.469. The van der Waals surface area contributed by atoms with Gasteiger partial charge in [-0.1, -0.05) is 0 Å². The van der Waals surface area contributed by atoms with Gasteiger partial charge in [0.05, 0.1) is 30.9 Å². The highest BCUT2D eigenvalue weighted by Gasteiger charge is 2.28. The molecule has 102 valence electrons. The van der Waals surface area contributed by atoms with Gasteiger partial charge in [-0.05, 0) is 17.3 Å². The average Bonchev–Trinajstić information content (AvgIpc) is 2.46. The van der Waals surface area contributed by atoms with Crippen molar-refractivity contribution in [2.75, 3.05) is 38.3 Å². The summed E-state index contributed by atoms with van der Waals surface area (Å²) in [6, 6.07) is 3.07. The fourth-order valence-electron chi connectivity index (χ4n) is 2.04. The normalized spacial score (nSPS) is 15.1. The number of ether oxygens (including phenoxy) is 2. The third kappa shape index (κ3) is 2.48. The molecule has 1 aliphatic rings. The molecule has 1 aromatic carbocycles. The van der Waals surface area contributed by atoms with E-state index in [-0.39, 0.29) is 11.4 Å². The van der Waals surface area contributed by atoms with Crippen molar-refractivity contribution in [3.63, 3.8) is 0 Å². The molecule has 0 N–H and O–H groups in total. The minimum absolute atomic E-state index is 0.0246. The standard InChI is InChI=1S/C11H13N3O5/c1-18-9-3-2-8(13-4-6-19-7-5-13)10(12-15)11(9)14(16)17/h2-3H,4-7H2,1H3. The van der Waals surface area contributed by atoms with E-state index in [0.717, 1.165) is 0 Å². The zero-order valence-electron chi connectivity index (χ0n) is 10.4. The molecule has 1 aliphatic heterocycles. The maximum absolute atomic E-state index is 11.1. The number of rotatable bonds is 4. The number of nitro groups is 1. The molecule has 1 aromatic rings. The summed E-state index contributed by atoms with van der Waals surface area (Å²) in [5, 5.41) is 13.9. The van der Waals surface area contributed by atoms with Crippen LogP contribution in [0.3, 0.4) is 0 Å². The molecule has 0 bridgehead atoms. The van der Waals surface area contributed by atoms with Crippen molar-refractivity contribution >= 4 is 17.1 Å². The van der Waals surface area contributed by atoms with Crippen LogP contribution in [-0.2, 0) is 4.74 Å². The van der Waals surface area contributed by atoms with Crippen molar-refractivity contribution in [1.82, 2.24) is 0 Å².